The van der Waals surface area contributed by atoms with Crippen LogP contribution < -0.4 is 5.73 Å². The Bertz CT molecular complexity index is 462. The van der Waals surface area contributed by atoms with E-state index < -0.39 is 0 Å². The van der Waals surface area contributed by atoms with E-state index in [2.05, 4.69) is 13.0 Å². The quantitative estimate of drug-likeness (QED) is 0.600. The molecule has 3 heteroatoms. The van der Waals surface area contributed by atoms with Crippen molar-refractivity contribution >= 4 is 0 Å². The van der Waals surface area contributed by atoms with Crippen LogP contribution in [0.25, 0.3) is 0 Å². The molecule has 4 aliphatic rings. The van der Waals surface area contributed by atoms with Crippen LogP contribution in [0, 0.1) is 29.1 Å². The van der Waals surface area contributed by atoms with E-state index in [4.69, 9.17) is 5.73 Å². The van der Waals surface area contributed by atoms with Gasteiger partial charge in [-0.3, -0.25) is 0 Å². The summed E-state index contributed by atoms with van der Waals surface area (Å²) in [6.07, 6.45) is 9.51. The average Bonchev–Trinajstić information content (AvgIpc) is 2.70. The molecule has 0 aromatic heterocycles. The van der Waals surface area contributed by atoms with Gasteiger partial charge in [0.25, 0.3) is 0 Å². The van der Waals surface area contributed by atoms with E-state index in [1.165, 1.54) is 18.4 Å². The normalized spacial score (nSPS) is 56.2. The van der Waals surface area contributed by atoms with Crippen molar-refractivity contribution in [3.05, 3.63) is 11.6 Å². The maximum atomic E-state index is 10.3. The number of hydrogen-bond acceptors (Lipinski definition) is 3. The minimum Gasteiger partial charge on any atom is -0.393 e. The van der Waals surface area contributed by atoms with E-state index in [1.54, 1.807) is 0 Å². The zero-order chi connectivity index (χ0) is 14.8. The lowest BCUT2D eigenvalue weighted by Crippen LogP contribution is -2.50. The highest BCUT2D eigenvalue weighted by Gasteiger charge is 2.57. The second-order valence-electron chi connectivity index (χ2n) is 8.36. The van der Waals surface area contributed by atoms with Gasteiger partial charge in [0.05, 0.1) is 12.2 Å². The molecule has 0 unspecified atom stereocenters. The first kappa shape index (κ1) is 14.2. The van der Waals surface area contributed by atoms with E-state index >= 15 is 0 Å². The largest absolute Gasteiger partial charge is 0.393 e. The molecule has 3 fully saturated rings. The molecule has 8 atom stereocenters. The van der Waals surface area contributed by atoms with Gasteiger partial charge in [0.2, 0.25) is 0 Å². The van der Waals surface area contributed by atoms with Gasteiger partial charge >= 0.3 is 0 Å². The smallest absolute Gasteiger partial charge is 0.0699 e. The number of rotatable bonds is 0. The maximum absolute atomic E-state index is 10.3. The molecule has 4 aliphatic carbocycles. The molecule has 21 heavy (non-hydrogen) atoms. The molecule has 0 aliphatic heterocycles. The molecular weight excluding hydrogens is 262 g/mol. The number of nitrogens with two attached hydrogens (primary N) is 1. The number of hydrogen-bond donors (Lipinski definition) is 3. The zero-order valence-corrected chi connectivity index (χ0v) is 13.0. The van der Waals surface area contributed by atoms with Crippen molar-refractivity contribution in [3.8, 4) is 0 Å². The van der Waals surface area contributed by atoms with E-state index in [1.807, 2.05) is 0 Å². The van der Waals surface area contributed by atoms with Gasteiger partial charge in [-0.1, -0.05) is 18.6 Å². The summed E-state index contributed by atoms with van der Waals surface area (Å²) in [5.41, 5.74) is 8.01. The first-order valence-electron chi connectivity index (χ1n) is 8.81. The van der Waals surface area contributed by atoms with Crippen LogP contribution in [0.4, 0.5) is 0 Å². The maximum Gasteiger partial charge on any atom is 0.0699 e. The second-order valence-corrected chi connectivity index (χ2v) is 8.36. The van der Waals surface area contributed by atoms with Crippen LogP contribution >= 0.6 is 0 Å². The second kappa shape index (κ2) is 4.81. The Kier molecular flexibility index (Phi) is 3.26. The van der Waals surface area contributed by atoms with Crippen molar-refractivity contribution < 1.29 is 10.2 Å². The van der Waals surface area contributed by atoms with Crippen LogP contribution in [0.5, 0.6) is 0 Å². The van der Waals surface area contributed by atoms with Crippen molar-refractivity contribution in [1.29, 1.82) is 0 Å². The molecule has 4 N–H and O–H groups in total. The van der Waals surface area contributed by atoms with E-state index in [-0.39, 0.29) is 23.7 Å². The molecule has 0 amide bonds. The summed E-state index contributed by atoms with van der Waals surface area (Å²) in [5.74, 6) is 2.76. The predicted octanol–water partition coefficient (Wildman–Crippen LogP) is 2.22. The SMILES string of the molecule is C[C@]12CC[C@H]3[C@@H](CC=C4C[C@@H](O)CC[C@@H]43)[C@@H]1C[C@@H](O)[C@@H]2N. The fourth-order valence-electron chi connectivity index (χ4n) is 6.30. The van der Waals surface area contributed by atoms with Gasteiger partial charge in [0.1, 0.15) is 0 Å². The third-order valence-corrected chi connectivity index (χ3v) is 7.53. The van der Waals surface area contributed by atoms with E-state index in [9.17, 15) is 10.2 Å². The van der Waals surface area contributed by atoms with Crippen LogP contribution in [0.15, 0.2) is 11.6 Å². The van der Waals surface area contributed by atoms with Gasteiger partial charge in [-0.15, -0.1) is 0 Å². The highest BCUT2D eigenvalue weighted by molar-refractivity contribution is 5.21. The number of aliphatic hydroxyl groups is 2. The van der Waals surface area contributed by atoms with Crippen LogP contribution in [0.2, 0.25) is 0 Å². The Hall–Kier alpha value is -0.380. The lowest BCUT2D eigenvalue weighted by molar-refractivity contribution is -0.00525. The van der Waals surface area contributed by atoms with Gasteiger partial charge in [-0.25, -0.2) is 0 Å². The molecule has 0 spiro atoms. The average molecular weight is 291 g/mol. The fraction of sp³-hybridized carbons (Fsp3) is 0.889. The molecule has 0 saturated heterocycles. The van der Waals surface area contributed by atoms with Crippen molar-refractivity contribution in [2.45, 2.75) is 70.1 Å². The first-order chi connectivity index (χ1) is 10.0. The lowest BCUT2D eigenvalue weighted by Gasteiger charge is -2.53. The van der Waals surface area contributed by atoms with Gasteiger partial charge in [-0.05, 0) is 74.0 Å². The summed E-state index contributed by atoms with van der Waals surface area (Å²) in [5, 5.41) is 20.2. The topological polar surface area (TPSA) is 66.5 Å². The van der Waals surface area contributed by atoms with Gasteiger partial charge in [0, 0.05) is 6.04 Å². The molecular formula is C18H29NO2. The van der Waals surface area contributed by atoms with E-state index in [0.717, 1.165) is 38.0 Å². The van der Waals surface area contributed by atoms with Crippen LogP contribution in [-0.4, -0.2) is 28.5 Å². The Morgan fingerprint density at radius 1 is 1.19 bits per heavy atom. The monoisotopic (exact) mass is 291 g/mol. The Morgan fingerprint density at radius 3 is 2.81 bits per heavy atom. The zero-order valence-electron chi connectivity index (χ0n) is 13.0. The molecule has 3 saturated carbocycles. The first-order valence-corrected chi connectivity index (χ1v) is 8.81. The summed E-state index contributed by atoms with van der Waals surface area (Å²) in [7, 11) is 0. The van der Waals surface area contributed by atoms with Crippen LogP contribution in [0.1, 0.15) is 51.9 Å². The van der Waals surface area contributed by atoms with Crippen molar-refractivity contribution in [2.75, 3.05) is 0 Å². The summed E-state index contributed by atoms with van der Waals surface area (Å²) < 4.78 is 0. The summed E-state index contributed by atoms with van der Waals surface area (Å²) >= 11 is 0. The predicted molar refractivity (Wildman–Crippen MR) is 82.5 cm³/mol. The molecule has 0 aromatic rings. The van der Waals surface area contributed by atoms with Gasteiger partial charge < -0.3 is 15.9 Å². The molecule has 0 aromatic carbocycles. The molecule has 4 rings (SSSR count). The summed E-state index contributed by atoms with van der Waals surface area (Å²) in [6, 6.07) is -0.0398. The fourth-order valence-corrected chi connectivity index (χ4v) is 6.30. The standard InChI is InChI=1S/C18H29NO2/c1-18-7-6-13-12-5-3-11(20)8-10(12)2-4-14(13)15(18)9-16(21)17(18)19/h2,11-17,20-21H,3-9,19H2,1H3/t11-,12-,13+,14+,15-,16+,17-,18-/m0/s1. The summed E-state index contributed by atoms with van der Waals surface area (Å²) in [4.78, 5) is 0. The molecule has 118 valence electrons. The number of fused-ring (bicyclic) bond motifs is 5. The van der Waals surface area contributed by atoms with Gasteiger partial charge in [0.15, 0.2) is 0 Å². The molecule has 0 heterocycles. The Balaban J connectivity index is 1.63. The highest BCUT2D eigenvalue weighted by Crippen LogP contribution is 2.60. The van der Waals surface area contributed by atoms with Crippen molar-refractivity contribution in [3.63, 3.8) is 0 Å². The van der Waals surface area contributed by atoms with Crippen molar-refractivity contribution in [1.82, 2.24) is 0 Å². The highest BCUT2D eigenvalue weighted by atomic mass is 16.3. The van der Waals surface area contributed by atoms with Crippen LogP contribution in [0.3, 0.4) is 0 Å². The van der Waals surface area contributed by atoms with Gasteiger partial charge in [-0.2, -0.15) is 0 Å². The molecule has 3 nitrogen and oxygen atoms in total. The molecule has 0 bridgehead atoms. The minimum absolute atomic E-state index is 0.0398. The van der Waals surface area contributed by atoms with E-state index in [0.29, 0.717) is 17.8 Å². The molecule has 0 radical (unpaired) electrons. The number of allylic oxidation sites excluding steroid dienone is 1. The van der Waals surface area contributed by atoms with Crippen LogP contribution in [-0.2, 0) is 0 Å². The Labute approximate surface area is 127 Å². The number of aliphatic hydroxyl groups excluding tert-OH is 2. The Morgan fingerprint density at radius 2 is 2.00 bits per heavy atom. The summed E-state index contributed by atoms with van der Waals surface area (Å²) in [6.45, 7) is 2.32. The lowest BCUT2D eigenvalue weighted by atomic mass is 9.52. The minimum atomic E-state index is -0.308. The third kappa shape index (κ3) is 1.97. The van der Waals surface area contributed by atoms with Crippen molar-refractivity contribution in [2.24, 2.45) is 34.8 Å². The third-order valence-electron chi connectivity index (χ3n) is 7.53.